The molecule has 0 fully saturated rings. The standard InChI is InChI=1S/C9H8BrNO2/c1-13-9(12)5-4-8-7(10)3-2-6-11-8/h2-6H,1H3/b5-4+. The maximum absolute atomic E-state index is 10.7. The molecule has 0 N–H and O–H groups in total. The number of halogens is 1. The summed E-state index contributed by atoms with van der Waals surface area (Å²) in [7, 11) is 1.33. The van der Waals surface area contributed by atoms with Gasteiger partial charge in [0.1, 0.15) is 0 Å². The Morgan fingerprint density at radius 2 is 2.46 bits per heavy atom. The molecule has 1 aromatic heterocycles. The predicted molar refractivity (Wildman–Crippen MR) is 53.0 cm³/mol. The van der Waals surface area contributed by atoms with Crippen molar-refractivity contribution in [3.05, 3.63) is 34.6 Å². The summed E-state index contributed by atoms with van der Waals surface area (Å²) in [6, 6.07) is 3.66. The summed E-state index contributed by atoms with van der Waals surface area (Å²) < 4.78 is 5.29. The molecular formula is C9H8BrNO2. The lowest BCUT2D eigenvalue weighted by Crippen LogP contribution is -1.93. The highest BCUT2D eigenvalue weighted by Crippen LogP contribution is 2.14. The molecule has 0 spiro atoms. The maximum atomic E-state index is 10.7. The van der Waals surface area contributed by atoms with Gasteiger partial charge in [-0.15, -0.1) is 0 Å². The molecule has 0 unspecified atom stereocenters. The average molecular weight is 242 g/mol. The molecule has 0 radical (unpaired) electrons. The third-order valence-corrected chi connectivity index (χ3v) is 2.04. The van der Waals surface area contributed by atoms with Crippen molar-refractivity contribution < 1.29 is 9.53 Å². The second-order valence-corrected chi connectivity index (χ2v) is 3.08. The molecule has 0 aliphatic carbocycles. The summed E-state index contributed by atoms with van der Waals surface area (Å²) in [6.07, 6.45) is 4.57. The minimum atomic E-state index is -0.391. The van der Waals surface area contributed by atoms with E-state index >= 15 is 0 Å². The van der Waals surface area contributed by atoms with Gasteiger partial charge in [-0.05, 0) is 34.1 Å². The zero-order valence-corrected chi connectivity index (χ0v) is 8.61. The Morgan fingerprint density at radius 3 is 3.08 bits per heavy atom. The van der Waals surface area contributed by atoms with Crippen LogP contribution >= 0.6 is 15.9 Å². The minimum absolute atomic E-state index is 0.391. The Bertz CT molecular complexity index is 336. The van der Waals surface area contributed by atoms with Crippen LogP contribution in [-0.2, 0) is 9.53 Å². The van der Waals surface area contributed by atoms with Gasteiger partial charge in [0, 0.05) is 16.7 Å². The van der Waals surface area contributed by atoms with E-state index in [9.17, 15) is 4.79 Å². The van der Waals surface area contributed by atoms with Crippen molar-refractivity contribution in [1.82, 2.24) is 4.98 Å². The first-order valence-electron chi connectivity index (χ1n) is 3.60. The number of carbonyl (C=O) groups excluding carboxylic acids is 1. The third-order valence-electron chi connectivity index (χ3n) is 1.37. The molecule has 13 heavy (non-hydrogen) atoms. The van der Waals surface area contributed by atoms with Crippen molar-refractivity contribution in [1.29, 1.82) is 0 Å². The van der Waals surface area contributed by atoms with Gasteiger partial charge in [0.05, 0.1) is 12.8 Å². The summed E-state index contributed by atoms with van der Waals surface area (Å²) in [4.78, 5) is 14.8. The maximum Gasteiger partial charge on any atom is 0.330 e. The van der Waals surface area contributed by atoms with Crippen LogP contribution in [0.5, 0.6) is 0 Å². The van der Waals surface area contributed by atoms with Crippen molar-refractivity contribution in [3.63, 3.8) is 0 Å². The lowest BCUT2D eigenvalue weighted by Gasteiger charge is -1.94. The summed E-state index contributed by atoms with van der Waals surface area (Å²) in [5.41, 5.74) is 0.702. The molecule has 4 heteroatoms. The first kappa shape index (κ1) is 9.92. The van der Waals surface area contributed by atoms with Crippen LogP contribution in [-0.4, -0.2) is 18.1 Å². The van der Waals surface area contributed by atoms with Gasteiger partial charge in [-0.25, -0.2) is 4.79 Å². The molecule has 1 rings (SSSR count). The molecule has 0 saturated carbocycles. The van der Waals surface area contributed by atoms with Crippen molar-refractivity contribution in [2.75, 3.05) is 7.11 Å². The lowest BCUT2D eigenvalue weighted by atomic mass is 10.3. The number of carbonyl (C=O) groups is 1. The zero-order valence-electron chi connectivity index (χ0n) is 7.03. The molecule has 0 bridgehead atoms. The van der Waals surface area contributed by atoms with E-state index in [1.165, 1.54) is 13.2 Å². The van der Waals surface area contributed by atoms with Crippen LogP contribution in [0.1, 0.15) is 5.69 Å². The Balaban J connectivity index is 2.80. The highest BCUT2D eigenvalue weighted by Gasteiger charge is 1.96. The van der Waals surface area contributed by atoms with Crippen LogP contribution in [0.2, 0.25) is 0 Å². The fourth-order valence-electron chi connectivity index (χ4n) is 0.736. The van der Waals surface area contributed by atoms with E-state index in [1.54, 1.807) is 18.3 Å². The van der Waals surface area contributed by atoms with Gasteiger partial charge >= 0.3 is 5.97 Å². The van der Waals surface area contributed by atoms with Gasteiger partial charge in [-0.2, -0.15) is 0 Å². The van der Waals surface area contributed by atoms with Crippen molar-refractivity contribution in [3.8, 4) is 0 Å². The molecule has 68 valence electrons. The number of methoxy groups -OCH3 is 1. The van der Waals surface area contributed by atoms with E-state index in [1.807, 2.05) is 6.07 Å². The Hall–Kier alpha value is -1.16. The van der Waals surface area contributed by atoms with Crippen LogP contribution in [0.3, 0.4) is 0 Å². The summed E-state index contributed by atoms with van der Waals surface area (Å²) in [5, 5.41) is 0. The van der Waals surface area contributed by atoms with Gasteiger partial charge in [0.2, 0.25) is 0 Å². The van der Waals surface area contributed by atoms with Crippen molar-refractivity contribution >= 4 is 28.0 Å². The second kappa shape index (κ2) is 4.77. The highest BCUT2D eigenvalue weighted by atomic mass is 79.9. The van der Waals surface area contributed by atoms with Crippen LogP contribution in [0.4, 0.5) is 0 Å². The Kier molecular flexibility index (Phi) is 3.64. The topological polar surface area (TPSA) is 39.2 Å². The Morgan fingerprint density at radius 1 is 1.69 bits per heavy atom. The largest absolute Gasteiger partial charge is 0.466 e. The number of ether oxygens (including phenoxy) is 1. The van der Waals surface area contributed by atoms with Crippen LogP contribution in [0.15, 0.2) is 28.9 Å². The number of hydrogen-bond donors (Lipinski definition) is 0. The molecule has 0 aliphatic heterocycles. The molecule has 0 amide bonds. The molecule has 3 nitrogen and oxygen atoms in total. The normalized spacial score (nSPS) is 10.3. The van der Waals surface area contributed by atoms with Gasteiger partial charge in [-0.3, -0.25) is 4.98 Å². The summed E-state index contributed by atoms with van der Waals surface area (Å²) in [5.74, 6) is -0.391. The monoisotopic (exact) mass is 241 g/mol. The van der Waals surface area contributed by atoms with Crippen LogP contribution in [0, 0.1) is 0 Å². The number of nitrogens with zero attached hydrogens (tertiary/aromatic N) is 1. The van der Waals surface area contributed by atoms with Crippen LogP contribution < -0.4 is 0 Å². The molecule has 0 atom stereocenters. The quantitative estimate of drug-likeness (QED) is 0.588. The molecule has 1 aromatic rings. The van der Waals surface area contributed by atoms with E-state index in [0.717, 1.165) is 4.47 Å². The number of esters is 1. The van der Waals surface area contributed by atoms with Gasteiger partial charge in [0.15, 0.2) is 0 Å². The average Bonchev–Trinajstić information content (AvgIpc) is 2.16. The molecule has 1 heterocycles. The number of rotatable bonds is 2. The SMILES string of the molecule is COC(=O)/C=C/c1ncccc1Br. The molecular weight excluding hydrogens is 234 g/mol. The summed E-state index contributed by atoms with van der Waals surface area (Å²) in [6.45, 7) is 0. The number of hydrogen-bond acceptors (Lipinski definition) is 3. The number of pyridine rings is 1. The molecule has 0 saturated heterocycles. The molecule has 0 aromatic carbocycles. The van der Waals surface area contributed by atoms with Crippen LogP contribution in [0.25, 0.3) is 6.08 Å². The van der Waals surface area contributed by atoms with E-state index in [0.29, 0.717) is 5.69 Å². The third kappa shape index (κ3) is 2.99. The fourth-order valence-corrected chi connectivity index (χ4v) is 1.12. The molecule has 0 aliphatic rings. The summed E-state index contributed by atoms with van der Waals surface area (Å²) >= 11 is 3.30. The smallest absolute Gasteiger partial charge is 0.330 e. The van der Waals surface area contributed by atoms with E-state index in [-0.39, 0.29) is 0 Å². The zero-order chi connectivity index (χ0) is 9.68. The van der Waals surface area contributed by atoms with Gasteiger partial charge < -0.3 is 4.74 Å². The minimum Gasteiger partial charge on any atom is -0.466 e. The van der Waals surface area contributed by atoms with Gasteiger partial charge in [-0.1, -0.05) is 0 Å². The van der Waals surface area contributed by atoms with Crippen molar-refractivity contribution in [2.45, 2.75) is 0 Å². The first-order chi connectivity index (χ1) is 6.24. The van der Waals surface area contributed by atoms with E-state index in [4.69, 9.17) is 0 Å². The lowest BCUT2D eigenvalue weighted by molar-refractivity contribution is -0.134. The van der Waals surface area contributed by atoms with E-state index in [2.05, 4.69) is 25.7 Å². The fraction of sp³-hybridized carbons (Fsp3) is 0.111. The predicted octanol–water partition coefficient (Wildman–Crippen LogP) is 2.03. The number of aromatic nitrogens is 1. The van der Waals surface area contributed by atoms with Gasteiger partial charge in [0.25, 0.3) is 0 Å². The Labute approximate surface area is 84.6 Å². The second-order valence-electron chi connectivity index (χ2n) is 2.23. The first-order valence-corrected chi connectivity index (χ1v) is 4.40. The van der Waals surface area contributed by atoms with E-state index < -0.39 is 5.97 Å². The highest BCUT2D eigenvalue weighted by molar-refractivity contribution is 9.10. The van der Waals surface area contributed by atoms with Crippen molar-refractivity contribution in [2.24, 2.45) is 0 Å².